The van der Waals surface area contributed by atoms with Gasteiger partial charge in [-0.1, -0.05) is 20.8 Å². The topological polar surface area (TPSA) is 56.3 Å². The average Bonchev–Trinajstić information content (AvgIpc) is 2.67. The highest BCUT2D eigenvalue weighted by Crippen LogP contribution is 2.22. The number of rotatable bonds is 5. The summed E-state index contributed by atoms with van der Waals surface area (Å²) < 4.78 is 14.4. The number of nitrogens with one attached hydrogen (secondary N) is 1. The molecule has 0 saturated heterocycles. The Morgan fingerprint density at radius 1 is 1.31 bits per heavy atom. The van der Waals surface area contributed by atoms with Crippen LogP contribution in [-0.4, -0.2) is 36.4 Å². The molecule has 0 amide bonds. The normalized spacial score (nSPS) is 12.1. The second kappa shape index (κ2) is 5.56. The lowest BCUT2D eigenvalue weighted by atomic mass is 9.96. The van der Waals surface area contributed by atoms with Crippen LogP contribution >= 0.6 is 11.5 Å². The molecule has 16 heavy (non-hydrogen) atoms. The Labute approximate surface area is 100 Å². The molecule has 6 heteroatoms. The molecule has 0 atom stereocenters. The van der Waals surface area contributed by atoms with Crippen molar-refractivity contribution in [3.05, 3.63) is 5.82 Å². The predicted octanol–water partition coefficient (Wildman–Crippen LogP) is 1.87. The third-order valence-corrected chi connectivity index (χ3v) is 2.72. The van der Waals surface area contributed by atoms with Gasteiger partial charge in [0.1, 0.15) is 5.82 Å². The van der Waals surface area contributed by atoms with Crippen molar-refractivity contribution < 1.29 is 9.47 Å². The summed E-state index contributed by atoms with van der Waals surface area (Å²) in [6.07, 6.45) is -0.262. The van der Waals surface area contributed by atoms with Gasteiger partial charge in [-0.05, 0) is 0 Å². The molecule has 0 fully saturated rings. The maximum Gasteiger partial charge on any atom is 0.202 e. The molecule has 0 unspecified atom stereocenters. The summed E-state index contributed by atoms with van der Waals surface area (Å²) >= 11 is 1.36. The van der Waals surface area contributed by atoms with E-state index in [0.29, 0.717) is 6.54 Å². The van der Waals surface area contributed by atoms with Crippen molar-refractivity contribution in [3.8, 4) is 0 Å². The lowest BCUT2D eigenvalue weighted by Crippen LogP contribution is -2.23. The molecule has 5 nitrogen and oxygen atoms in total. The zero-order valence-corrected chi connectivity index (χ0v) is 11.2. The zero-order valence-electron chi connectivity index (χ0n) is 10.4. The molecule has 92 valence electrons. The smallest absolute Gasteiger partial charge is 0.202 e. The summed E-state index contributed by atoms with van der Waals surface area (Å²) in [5, 5.41) is 3.93. The molecule has 1 aromatic rings. The van der Waals surface area contributed by atoms with E-state index in [1.807, 2.05) is 0 Å². The van der Waals surface area contributed by atoms with Crippen molar-refractivity contribution in [2.24, 2.45) is 0 Å². The average molecular weight is 245 g/mol. The molecule has 0 radical (unpaired) electrons. The highest BCUT2D eigenvalue weighted by Gasteiger charge is 2.19. The van der Waals surface area contributed by atoms with Gasteiger partial charge in [0.05, 0.1) is 6.54 Å². The molecule has 0 aliphatic rings. The number of ether oxygens (including phenoxy) is 2. The Balaban J connectivity index is 2.53. The van der Waals surface area contributed by atoms with Gasteiger partial charge in [0, 0.05) is 31.2 Å². The van der Waals surface area contributed by atoms with Gasteiger partial charge in [0.2, 0.25) is 5.13 Å². The molecule has 0 spiro atoms. The molecule has 0 aliphatic heterocycles. The maximum atomic E-state index is 5.07. The Morgan fingerprint density at radius 3 is 2.38 bits per heavy atom. The molecule has 1 rings (SSSR count). The van der Waals surface area contributed by atoms with Gasteiger partial charge in [0.15, 0.2) is 6.29 Å². The third-order valence-electron chi connectivity index (χ3n) is 2.04. The number of nitrogens with zero attached hydrogens (tertiary/aromatic N) is 2. The van der Waals surface area contributed by atoms with E-state index in [-0.39, 0.29) is 11.7 Å². The highest BCUT2D eigenvalue weighted by molar-refractivity contribution is 7.09. The van der Waals surface area contributed by atoms with Gasteiger partial charge in [-0.25, -0.2) is 4.98 Å². The first-order valence-electron chi connectivity index (χ1n) is 5.11. The van der Waals surface area contributed by atoms with Crippen LogP contribution in [0.25, 0.3) is 0 Å². The minimum Gasteiger partial charge on any atom is -0.355 e. The predicted molar refractivity (Wildman–Crippen MR) is 64.9 cm³/mol. The van der Waals surface area contributed by atoms with Crippen LogP contribution in [0.2, 0.25) is 0 Å². The van der Waals surface area contributed by atoms with Crippen molar-refractivity contribution in [2.75, 3.05) is 26.1 Å². The van der Waals surface area contributed by atoms with Gasteiger partial charge in [0.25, 0.3) is 0 Å². The van der Waals surface area contributed by atoms with Crippen molar-refractivity contribution >= 4 is 16.7 Å². The summed E-state index contributed by atoms with van der Waals surface area (Å²) in [6.45, 7) is 6.83. The number of anilines is 1. The second-order valence-electron chi connectivity index (χ2n) is 4.46. The largest absolute Gasteiger partial charge is 0.355 e. The maximum absolute atomic E-state index is 5.07. The van der Waals surface area contributed by atoms with Gasteiger partial charge < -0.3 is 14.8 Å². The van der Waals surface area contributed by atoms with Gasteiger partial charge in [-0.2, -0.15) is 4.37 Å². The molecule has 0 saturated carbocycles. The van der Waals surface area contributed by atoms with Crippen molar-refractivity contribution in [3.63, 3.8) is 0 Å². The lowest BCUT2D eigenvalue weighted by Gasteiger charge is -2.13. The summed E-state index contributed by atoms with van der Waals surface area (Å²) in [4.78, 5) is 4.41. The monoisotopic (exact) mass is 245 g/mol. The number of methoxy groups -OCH3 is 2. The van der Waals surface area contributed by atoms with E-state index in [9.17, 15) is 0 Å². The Bertz CT molecular complexity index is 318. The highest BCUT2D eigenvalue weighted by atomic mass is 32.1. The van der Waals surface area contributed by atoms with E-state index in [2.05, 4.69) is 35.4 Å². The standard InChI is InChI=1S/C10H19N3O2S/c1-10(2,3)8-12-9(16-13-8)11-6-7(14-4)15-5/h7H,6H2,1-5H3,(H,11,12,13). The number of aromatic nitrogens is 2. The van der Waals surface area contributed by atoms with Crippen LogP contribution in [-0.2, 0) is 14.9 Å². The number of hydrogen-bond acceptors (Lipinski definition) is 6. The van der Waals surface area contributed by atoms with Crippen LogP contribution in [0.1, 0.15) is 26.6 Å². The van der Waals surface area contributed by atoms with Crippen LogP contribution in [0.4, 0.5) is 5.13 Å². The van der Waals surface area contributed by atoms with Gasteiger partial charge in [-0.3, -0.25) is 0 Å². The molecule has 1 N–H and O–H groups in total. The van der Waals surface area contributed by atoms with Gasteiger partial charge >= 0.3 is 0 Å². The minimum absolute atomic E-state index is 0.0155. The zero-order chi connectivity index (χ0) is 12.2. The third kappa shape index (κ3) is 3.70. The summed E-state index contributed by atoms with van der Waals surface area (Å²) in [5.41, 5.74) is -0.0155. The molecule has 0 bridgehead atoms. The van der Waals surface area contributed by atoms with E-state index >= 15 is 0 Å². The second-order valence-corrected chi connectivity index (χ2v) is 5.21. The Kier molecular flexibility index (Phi) is 4.64. The summed E-state index contributed by atoms with van der Waals surface area (Å²) in [7, 11) is 3.22. The van der Waals surface area contributed by atoms with Crippen LogP contribution in [0, 0.1) is 0 Å². The van der Waals surface area contributed by atoms with E-state index in [0.717, 1.165) is 11.0 Å². The first kappa shape index (κ1) is 13.3. The molecule has 1 heterocycles. The summed E-state index contributed by atoms with van der Waals surface area (Å²) in [6, 6.07) is 0. The fourth-order valence-electron chi connectivity index (χ4n) is 1.03. The Morgan fingerprint density at radius 2 is 1.94 bits per heavy atom. The SMILES string of the molecule is COC(CNc1nc(C(C)(C)C)ns1)OC. The molecular formula is C10H19N3O2S. The van der Waals surface area contributed by atoms with Crippen LogP contribution in [0.15, 0.2) is 0 Å². The fraction of sp³-hybridized carbons (Fsp3) is 0.800. The molecular weight excluding hydrogens is 226 g/mol. The quantitative estimate of drug-likeness (QED) is 0.803. The summed E-state index contributed by atoms with van der Waals surface area (Å²) in [5.74, 6) is 0.853. The van der Waals surface area contributed by atoms with Crippen molar-refractivity contribution in [2.45, 2.75) is 32.5 Å². The molecule has 1 aromatic heterocycles. The van der Waals surface area contributed by atoms with Gasteiger partial charge in [-0.15, -0.1) is 0 Å². The number of hydrogen-bond donors (Lipinski definition) is 1. The van der Waals surface area contributed by atoms with E-state index < -0.39 is 0 Å². The van der Waals surface area contributed by atoms with E-state index in [1.165, 1.54) is 11.5 Å². The first-order chi connectivity index (χ1) is 7.47. The minimum atomic E-state index is -0.262. The van der Waals surface area contributed by atoms with Crippen LogP contribution in [0.3, 0.4) is 0 Å². The van der Waals surface area contributed by atoms with Crippen LogP contribution in [0.5, 0.6) is 0 Å². The van der Waals surface area contributed by atoms with E-state index in [4.69, 9.17) is 9.47 Å². The molecule has 0 aromatic carbocycles. The van der Waals surface area contributed by atoms with Crippen molar-refractivity contribution in [1.29, 1.82) is 0 Å². The first-order valence-corrected chi connectivity index (χ1v) is 5.88. The van der Waals surface area contributed by atoms with Crippen molar-refractivity contribution in [1.82, 2.24) is 9.36 Å². The lowest BCUT2D eigenvalue weighted by molar-refractivity contribution is -0.0914. The molecule has 0 aliphatic carbocycles. The fourth-order valence-corrected chi connectivity index (χ4v) is 1.80. The Hall–Kier alpha value is -0.720. The van der Waals surface area contributed by atoms with E-state index in [1.54, 1.807) is 14.2 Å². The van der Waals surface area contributed by atoms with Crippen LogP contribution < -0.4 is 5.32 Å².